The first kappa shape index (κ1) is 21.3. The van der Waals surface area contributed by atoms with Gasteiger partial charge in [0.25, 0.3) is 5.91 Å². The molecule has 0 aliphatic heterocycles. The molecule has 7 heteroatoms. The van der Waals surface area contributed by atoms with Gasteiger partial charge in [0.1, 0.15) is 10.6 Å². The van der Waals surface area contributed by atoms with E-state index in [2.05, 4.69) is 5.32 Å². The number of amides is 1. The number of sulfonamides is 1. The third-order valence-electron chi connectivity index (χ3n) is 5.29. The summed E-state index contributed by atoms with van der Waals surface area (Å²) >= 11 is 0. The zero-order valence-corrected chi connectivity index (χ0v) is 17.9. The second kappa shape index (κ2) is 8.97. The number of nitrogens with zero attached hydrogens (tertiary/aromatic N) is 1. The van der Waals surface area contributed by atoms with Crippen molar-refractivity contribution >= 4 is 15.9 Å². The number of hydrogen-bond donors (Lipinski definition) is 1. The van der Waals surface area contributed by atoms with Crippen molar-refractivity contribution in [3.05, 3.63) is 59.7 Å². The van der Waals surface area contributed by atoms with Gasteiger partial charge in [-0.15, -0.1) is 0 Å². The number of ether oxygens (including phenoxy) is 1. The molecule has 0 heterocycles. The molecule has 0 bridgehead atoms. The maximum Gasteiger partial charge on any atom is 0.251 e. The predicted molar refractivity (Wildman–Crippen MR) is 112 cm³/mol. The quantitative estimate of drug-likeness (QED) is 0.678. The summed E-state index contributed by atoms with van der Waals surface area (Å²) in [6.45, 7) is 4.25. The van der Waals surface area contributed by atoms with Crippen molar-refractivity contribution in [2.45, 2.75) is 37.6 Å². The number of carbonyl (C=O) groups excluding carboxylic acids is 1. The summed E-state index contributed by atoms with van der Waals surface area (Å²) in [7, 11) is -2.33. The van der Waals surface area contributed by atoms with Gasteiger partial charge in [-0.25, -0.2) is 8.42 Å². The second-order valence-electron chi connectivity index (χ2n) is 7.15. The Hall–Kier alpha value is -2.38. The van der Waals surface area contributed by atoms with E-state index in [0.29, 0.717) is 24.6 Å². The topological polar surface area (TPSA) is 75.7 Å². The Labute approximate surface area is 172 Å². The zero-order valence-electron chi connectivity index (χ0n) is 17.1. The number of nitrogens with one attached hydrogen (secondary N) is 1. The maximum absolute atomic E-state index is 13.0. The van der Waals surface area contributed by atoms with Gasteiger partial charge in [-0.3, -0.25) is 4.79 Å². The molecular formula is C22H28N2O4S. The van der Waals surface area contributed by atoms with Crippen molar-refractivity contribution in [3.63, 3.8) is 0 Å². The van der Waals surface area contributed by atoms with Gasteiger partial charge in [0.2, 0.25) is 10.0 Å². The Morgan fingerprint density at radius 2 is 1.79 bits per heavy atom. The Morgan fingerprint density at radius 3 is 2.34 bits per heavy atom. The van der Waals surface area contributed by atoms with Crippen LogP contribution in [0.4, 0.5) is 0 Å². The van der Waals surface area contributed by atoms with Gasteiger partial charge < -0.3 is 10.1 Å². The first-order valence-corrected chi connectivity index (χ1v) is 11.4. The van der Waals surface area contributed by atoms with Crippen molar-refractivity contribution in [3.8, 4) is 5.75 Å². The minimum absolute atomic E-state index is 0.0130. The highest BCUT2D eigenvalue weighted by molar-refractivity contribution is 7.89. The summed E-state index contributed by atoms with van der Waals surface area (Å²) < 4.78 is 32.7. The Morgan fingerprint density at radius 1 is 1.14 bits per heavy atom. The van der Waals surface area contributed by atoms with Gasteiger partial charge in [0.05, 0.1) is 13.2 Å². The van der Waals surface area contributed by atoms with E-state index in [1.54, 1.807) is 26.0 Å². The summed E-state index contributed by atoms with van der Waals surface area (Å²) in [6, 6.07) is 14.4. The van der Waals surface area contributed by atoms with Crippen LogP contribution in [0.2, 0.25) is 0 Å². The van der Waals surface area contributed by atoms with Crippen molar-refractivity contribution in [1.82, 2.24) is 9.62 Å². The molecule has 2 aromatic carbocycles. The fourth-order valence-electron chi connectivity index (χ4n) is 3.51. The number of hydrogen-bond acceptors (Lipinski definition) is 4. The highest BCUT2D eigenvalue weighted by Gasteiger charge is 2.34. The van der Waals surface area contributed by atoms with Crippen LogP contribution < -0.4 is 10.1 Å². The van der Waals surface area contributed by atoms with Crippen molar-refractivity contribution in [2.75, 3.05) is 20.2 Å². The molecule has 1 aliphatic carbocycles. The van der Waals surface area contributed by atoms with Crippen LogP contribution in [0.25, 0.3) is 0 Å². The minimum atomic E-state index is -3.76. The molecule has 156 valence electrons. The van der Waals surface area contributed by atoms with Gasteiger partial charge in [-0.2, -0.15) is 4.31 Å². The van der Waals surface area contributed by atoms with E-state index < -0.39 is 10.0 Å². The Bertz CT molecular complexity index is 952. The monoisotopic (exact) mass is 416 g/mol. The lowest BCUT2D eigenvalue weighted by Crippen LogP contribution is -2.32. The van der Waals surface area contributed by atoms with Crippen molar-refractivity contribution < 1.29 is 17.9 Å². The first-order valence-electron chi connectivity index (χ1n) is 9.96. The molecule has 0 aromatic heterocycles. The summed E-state index contributed by atoms with van der Waals surface area (Å²) in [4.78, 5) is 13.0. The highest BCUT2D eigenvalue weighted by Crippen LogP contribution is 2.41. The average Bonchev–Trinajstić information content (AvgIpc) is 3.58. The van der Waals surface area contributed by atoms with Crippen LogP contribution in [0.1, 0.15) is 48.7 Å². The number of methoxy groups -OCH3 is 1. The largest absolute Gasteiger partial charge is 0.495 e. The predicted octanol–water partition coefficient (Wildman–Crippen LogP) is 3.61. The van der Waals surface area contributed by atoms with Crippen LogP contribution in [0, 0.1) is 5.92 Å². The molecular weight excluding hydrogens is 388 g/mol. The molecule has 2 aromatic rings. The van der Waals surface area contributed by atoms with Crippen LogP contribution in [0.5, 0.6) is 5.75 Å². The standard InChI is InChI=1S/C22H28N2O4S/c1-4-24(5-2)29(26,27)20-15-18(13-14-19(20)28-3)22(25)23-21(17-11-12-17)16-9-7-6-8-10-16/h6-10,13-15,17,21H,4-5,11-12H2,1-3H3,(H,23,25). The average molecular weight is 417 g/mol. The van der Waals surface area contributed by atoms with Gasteiger partial charge in [-0.1, -0.05) is 44.2 Å². The lowest BCUT2D eigenvalue weighted by atomic mass is 10.0. The molecule has 1 N–H and O–H groups in total. The molecule has 1 aliphatic rings. The van der Waals surface area contributed by atoms with Crippen LogP contribution in [0.3, 0.4) is 0 Å². The fraction of sp³-hybridized carbons (Fsp3) is 0.409. The highest BCUT2D eigenvalue weighted by atomic mass is 32.2. The van der Waals surface area contributed by atoms with E-state index in [1.807, 2.05) is 30.3 Å². The second-order valence-corrected chi connectivity index (χ2v) is 9.06. The van der Waals surface area contributed by atoms with Crippen molar-refractivity contribution in [2.24, 2.45) is 5.92 Å². The maximum atomic E-state index is 13.0. The SMILES string of the molecule is CCN(CC)S(=O)(=O)c1cc(C(=O)NC(c2ccccc2)C2CC2)ccc1OC. The van der Waals surface area contributed by atoms with Gasteiger partial charge >= 0.3 is 0 Å². The molecule has 0 saturated heterocycles. The van der Waals surface area contributed by atoms with Crippen LogP contribution in [-0.4, -0.2) is 38.8 Å². The van der Waals surface area contributed by atoms with E-state index in [0.717, 1.165) is 18.4 Å². The lowest BCUT2D eigenvalue weighted by Gasteiger charge is -2.21. The van der Waals surface area contributed by atoms with E-state index >= 15 is 0 Å². The lowest BCUT2D eigenvalue weighted by molar-refractivity contribution is 0.0931. The summed E-state index contributed by atoms with van der Waals surface area (Å²) in [5.74, 6) is 0.359. The first-order chi connectivity index (χ1) is 13.9. The molecule has 1 fully saturated rings. The van der Waals surface area contributed by atoms with E-state index in [9.17, 15) is 13.2 Å². The fourth-order valence-corrected chi connectivity index (χ4v) is 5.15. The summed E-state index contributed by atoms with van der Waals surface area (Å²) in [6.07, 6.45) is 2.15. The number of benzene rings is 2. The summed E-state index contributed by atoms with van der Waals surface area (Å²) in [5, 5.41) is 3.10. The molecule has 1 atom stereocenters. The smallest absolute Gasteiger partial charge is 0.251 e. The minimum Gasteiger partial charge on any atom is -0.495 e. The van der Waals surface area contributed by atoms with Crippen LogP contribution in [-0.2, 0) is 10.0 Å². The molecule has 1 saturated carbocycles. The molecule has 6 nitrogen and oxygen atoms in total. The van der Waals surface area contributed by atoms with Crippen LogP contribution in [0.15, 0.2) is 53.4 Å². The molecule has 1 unspecified atom stereocenters. The van der Waals surface area contributed by atoms with Gasteiger partial charge in [-0.05, 0) is 42.5 Å². The number of carbonyl (C=O) groups is 1. The molecule has 0 radical (unpaired) electrons. The van der Waals surface area contributed by atoms with Crippen LogP contribution >= 0.6 is 0 Å². The third-order valence-corrected chi connectivity index (χ3v) is 7.36. The van der Waals surface area contributed by atoms with E-state index in [4.69, 9.17) is 4.74 Å². The van der Waals surface area contributed by atoms with Gasteiger partial charge in [0, 0.05) is 18.7 Å². The Kier molecular flexibility index (Phi) is 6.59. The van der Waals surface area contributed by atoms with E-state index in [-0.39, 0.29) is 22.6 Å². The van der Waals surface area contributed by atoms with Gasteiger partial charge in [0.15, 0.2) is 0 Å². The Balaban J connectivity index is 1.91. The molecule has 0 spiro atoms. The molecule has 29 heavy (non-hydrogen) atoms. The van der Waals surface area contributed by atoms with Crippen molar-refractivity contribution in [1.29, 1.82) is 0 Å². The third kappa shape index (κ3) is 4.62. The molecule has 3 rings (SSSR count). The van der Waals surface area contributed by atoms with E-state index in [1.165, 1.54) is 17.5 Å². The zero-order chi connectivity index (χ0) is 21.0. The normalized spacial score (nSPS) is 15.2. The molecule has 1 amide bonds. The number of rotatable bonds is 9. The summed E-state index contributed by atoms with van der Waals surface area (Å²) in [5.41, 5.74) is 1.37.